The minimum absolute atomic E-state index is 0.335. The van der Waals surface area contributed by atoms with Gasteiger partial charge < -0.3 is 10.2 Å². The molecule has 0 amide bonds. The largest absolute Gasteiger partial charge is 0.316 e. The van der Waals surface area contributed by atoms with Crippen molar-refractivity contribution in [1.82, 2.24) is 10.2 Å². The van der Waals surface area contributed by atoms with Crippen LogP contribution in [-0.2, 0) is 9.84 Å². The monoisotopic (exact) mass is 262 g/mol. The van der Waals surface area contributed by atoms with Crippen molar-refractivity contribution in [2.45, 2.75) is 26.7 Å². The van der Waals surface area contributed by atoms with Gasteiger partial charge in [-0.1, -0.05) is 13.8 Å². The van der Waals surface area contributed by atoms with Crippen molar-refractivity contribution >= 4 is 9.84 Å². The molecular weight excluding hydrogens is 236 g/mol. The molecular formula is C12H26N2O2S. The molecule has 4 nitrogen and oxygen atoms in total. The van der Waals surface area contributed by atoms with Crippen molar-refractivity contribution in [3.63, 3.8) is 0 Å². The van der Waals surface area contributed by atoms with Crippen LogP contribution in [0.4, 0.5) is 0 Å². The predicted molar refractivity (Wildman–Crippen MR) is 72.0 cm³/mol. The highest BCUT2D eigenvalue weighted by Gasteiger charge is 2.19. The van der Waals surface area contributed by atoms with Crippen LogP contribution in [0.25, 0.3) is 0 Å². The molecule has 0 radical (unpaired) electrons. The van der Waals surface area contributed by atoms with Crippen molar-refractivity contribution in [2.75, 3.05) is 44.2 Å². The average molecular weight is 262 g/mol. The number of hydrogen-bond donors (Lipinski definition) is 1. The van der Waals surface area contributed by atoms with Crippen molar-refractivity contribution in [1.29, 1.82) is 0 Å². The minimum Gasteiger partial charge on any atom is -0.316 e. The Kier molecular flexibility index (Phi) is 6.44. The summed E-state index contributed by atoms with van der Waals surface area (Å²) in [6.07, 6.45) is 1.95. The van der Waals surface area contributed by atoms with Gasteiger partial charge in [0.15, 0.2) is 9.84 Å². The van der Waals surface area contributed by atoms with Gasteiger partial charge in [-0.3, -0.25) is 0 Å². The van der Waals surface area contributed by atoms with Crippen LogP contribution in [-0.4, -0.2) is 57.5 Å². The second kappa shape index (κ2) is 7.34. The number of nitrogens with zero attached hydrogens (tertiary/aromatic N) is 1. The molecule has 1 fully saturated rings. The molecule has 1 aliphatic heterocycles. The maximum atomic E-state index is 11.5. The summed E-state index contributed by atoms with van der Waals surface area (Å²) in [5, 5.41) is 3.41. The fraction of sp³-hybridized carbons (Fsp3) is 1.00. The quantitative estimate of drug-likeness (QED) is 0.718. The molecule has 5 heteroatoms. The van der Waals surface area contributed by atoms with Gasteiger partial charge in [0.05, 0.1) is 11.5 Å². The van der Waals surface area contributed by atoms with Gasteiger partial charge in [-0.15, -0.1) is 0 Å². The molecule has 17 heavy (non-hydrogen) atoms. The summed E-state index contributed by atoms with van der Waals surface area (Å²) in [5.41, 5.74) is 0. The van der Waals surface area contributed by atoms with Crippen LogP contribution in [0.2, 0.25) is 0 Å². The first kappa shape index (κ1) is 14.9. The predicted octanol–water partition coefficient (Wildman–Crippen LogP) is 0.743. The molecule has 1 atom stereocenters. The maximum Gasteiger partial charge on any atom is 0.151 e. The molecule has 0 spiro atoms. The van der Waals surface area contributed by atoms with E-state index >= 15 is 0 Å². The fourth-order valence-electron chi connectivity index (χ4n) is 2.20. The second-order valence-electron chi connectivity index (χ2n) is 5.12. The van der Waals surface area contributed by atoms with Gasteiger partial charge in [0.25, 0.3) is 0 Å². The lowest BCUT2D eigenvalue weighted by molar-refractivity contribution is 0.251. The van der Waals surface area contributed by atoms with E-state index in [9.17, 15) is 8.42 Å². The van der Waals surface area contributed by atoms with E-state index in [1.807, 2.05) is 0 Å². The summed E-state index contributed by atoms with van der Waals surface area (Å²) < 4.78 is 22.9. The van der Waals surface area contributed by atoms with Gasteiger partial charge in [-0.2, -0.15) is 0 Å². The molecule has 1 heterocycles. The van der Waals surface area contributed by atoms with Crippen molar-refractivity contribution in [3.8, 4) is 0 Å². The summed E-state index contributed by atoms with van der Waals surface area (Å²) in [4.78, 5) is 2.29. The van der Waals surface area contributed by atoms with Crippen LogP contribution < -0.4 is 5.32 Å². The zero-order valence-corrected chi connectivity index (χ0v) is 11.9. The van der Waals surface area contributed by atoms with Gasteiger partial charge in [0.1, 0.15) is 0 Å². The van der Waals surface area contributed by atoms with Gasteiger partial charge in [-0.05, 0) is 38.4 Å². The van der Waals surface area contributed by atoms with Crippen LogP contribution in [0.5, 0.6) is 0 Å². The van der Waals surface area contributed by atoms with Crippen LogP contribution in [0.1, 0.15) is 26.7 Å². The highest BCUT2D eigenvalue weighted by atomic mass is 32.2. The topological polar surface area (TPSA) is 49.4 Å². The number of rotatable bonds is 6. The Bertz CT molecular complexity index is 304. The van der Waals surface area contributed by atoms with E-state index in [4.69, 9.17) is 0 Å². The highest BCUT2D eigenvalue weighted by molar-refractivity contribution is 7.91. The zero-order chi connectivity index (χ0) is 12.7. The number of sulfone groups is 1. The third-order valence-electron chi connectivity index (χ3n) is 3.14. The molecule has 0 aromatic heterocycles. The molecule has 1 rings (SSSR count). The van der Waals surface area contributed by atoms with E-state index in [0.29, 0.717) is 24.0 Å². The van der Waals surface area contributed by atoms with E-state index in [-0.39, 0.29) is 0 Å². The molecule has 1 N–H and O–H groups in total. The Balaban J connectivity index is 2.26. The van der Waals surface area contributed by atoms with Crippen molar-refractivity contribution < 1.29 is 8.42 Å². The van der Waals surface area contributed by atoms with E-state index < -0.39 is 9.84 Å². The molecule has 0 bridgehead atoms. The normalized spacial score (nSPS) is 23.2. The molecule has 1 unspecified atom stereocenters. The van der Waals surface area contributed by atoms with Gasteiger partial charge in [0, 0.05) is 13.1 Å². The van der Waals surface area contributed by atoms with Crippen LogP contribution in [0.3, 0.4) is 0 Å². The van der Waals surface area contributed by atoms with Crippen LogP contribution >= 0.6 is 0 Å². The lowest BCUT2D eigenvalue weighted by Gasteiger charge is -2.23. The number of hydrogen-bond acceptors (Lipinski definition) is 4. The Morgan fingerprint density at radius 2 is 2.06 bits per heavy atom. The first-order valence-electron chi connectivity index (χ1n) is 6.67. The van der Waals surface area contributed by atoms with Crippen LogP contribution in [0, 0.1) is 5.92 Å². The standard InChI is InChI=1S/C12H26N2O2S/c1-3-5-13-10-12(2)11-14-6-4-8-17(15,16)9-7-14/h12-13H,3-11H2,1-2H3. The summed E-state index contributed by atoms with van der Waals surface area (Å²) in [5.74, 6) is 1.29. The Labute approximate surface area is 106 Å². The first-order chi connectivity index (χ1) is 8.03. The maximum absolute atomic E-state index is 11.5. The van der Waals surface area contributed by atoms with Gasteiger partial charge >= 0.3 is 0 Å². The highest BCUT2D eigenvalue weighted by Crippen LogP contribution is 2.07. The Morgan fingerprint density at radius 1 is 1.29 bits per heavy atom. The molecule has 0 aliphatic carbocycles. The van der Waals surface area contributed by atoms with Crippen molar-refractivity contribution in [2.24, 2.45) is 5.92 Å². The smallest absolute Gasteiger partial charge is 0.151 e. The van der Waals surface area contributed by atoms with Crippen molar-refractivity contribution in [3.05, 3.63) is 0 Å². The lowest BCUT2D eigenvalue weighted by atomic mass is 10.1. The second-order valence-corrected chi connectivity index (χ2v) is 7.42. The SMILES string of the molecule is CCCNCC(C)CN1CCCS(=O)(=O)CC1. The van der Waals surface area contributed by atoms with Gasteiger partial charge in [0.2, 0.25) is 0 Å². The first-order valence-corrected chi connectivity index (χ1v) is 8.49. The lowest BCUT2D eigenvalue weighted by Crippen LogP contribution is -2.35. The van der Waals surface area contributed by atoms with E-state index in [1.165, 1.54) is 0 Å². The Hall–Kier alpha value is -0.130. The van der Waals surface area contributed by atoms with E-state index in [0.717, 1.165) is 39.0 Å². The number of nitrogens with one attached hydrogen (secondary N) is 1. The molecule has 102 valence electrons. The molecule has 1 saturated heterocycles. The molecule has 1 aliphatic rings. The van der Waals surface area contributed by atoms with Gasteiger partial charge in [-0.25, -0.2) is 8.42 Å². The minimum atomic E-state index is -2.77. The van der Waals surface area contributed by atoms with Crippen LogP contribution in [0.15, 0.2) is 0 Å². The summed E-state index contributed by atoms with van der Waals surface area (Å²) in [7, 11) is -2.77. The Morgan fingerprint density at radius 3 is 2.76 bits per heavy atom. The zero-order valence-electron chi connectivity index (χ0n) is 11.1. The van der Waals surface area contributed by atoms with E-state index in [1.54, 1.807) is 0 Å². The summed E-state index contributed by atoms with van der Waals surface area (Å²) >= 11 is 0. The summed E-state index contributed by atoms with van der Waals surface area (Å²) in [6.45, 7) is 9.12. The molecule has 0 saturated carbocycles. The molecule has 0 aromatic rings. The third kappa shape index (κ3) is 6.38. The average Bonchev–Trinajstić information content (AvgIpc) is 2.41. The van der Waals surface area contributed by atoms with E-state index in [2.05, 4.69) is 24.1 Å². The fourth-order valence-corrected chi connectivity index (χ4v) is 3.51. The third-order valence-corrected chi connectivity index (χ3v) is 4.85. The summed E-state index contributed by atoms with van der Waals surface area (Å²) in [6, 6.07) is 0. The molecule has 0 aromatic carbocycles.